The van der Waals surface area contributed by atoms with Crippen LogP contribution < -0.4 is 4.90 Å². The number of hydrogen-bond donors (Lipinski definition) is 1. The van der Waals surface area contributed by atoms with Gasteiger partial charge in [0.25, 0.3) is 0 Å². The lowest BCUT2D eigenvalue weighted by Crippen LogP contribution is -2.52. The SMILES string of the molecule is O=C(O)[C@@H]1CCN1c1ccc(Cl)cc1. The van der Waals surface area contributed by atoms with Crippen LogP contribution in [0.5, 0.6) is 0 Å². The van der Waals surface area contributed by atoms with Crippen LogP contribution in [0, 0.1) is 0 Å². The van der Waals surface area contributed by atoms with E-state index in [9.17, 15) is 4.79 Å². The highest BCUT2D eigenvalue weighted by Gasteiger charge is 2.33. The second-order valence-electron chi connectivity index (χ2n) is 3.31. The van der Waals surface area contributed by atoms with Gasteiger partial charge in [0, 0.05) is 17.3 Å². The van der Waals surface area contributed by atoms with Gasteiger partial charge in [-0.3, -0.25) is 0 Å². The zero-order valence-electron chi connectivity index (χ0n) is 7.48. The van der Waals surface area contributed by atoms with Crippen LogP contribution in [0.25, 0.3) is 0 Å². The van der Waals surface area contributed by atoms with Crippen molar-refractivity contribution < 1.29 is 9.90 Å². The van der Waals surface area contributed by atoms with Crippen molar-refractivity contribution in [3.63, 3.8) is 0 Å². The van der Waals surface area contributed by atoms with Crippen molar-refractivity contribution >= 4 is 23.3 Å². The molecule has 1 aliphatic heterocycles. The van der Waals surface area contributed by atoms with Gasteiger partial charge < -0.3 is 10.0 Å². The van der Waals surface area contributed by atoms with E-state index in [2.05, 4.69) is 0 Å². The molecule has 1 N–H and O–H groups in total. The number of halogens is 1. The molecule has 0 aromatic heterocycles. The number of nitrogens with zero attached hydrogens (tertiary/aromatic N) is 1. The van der Waals surface area contributed by atoms with E-state index in [0.717, 1.165) is 18.7 Å². The third kappa shape index (κ3) is 1.55. The molecule has 1 aromatic carbocycles. The zero-order valence-corrected chi connectivity index (χ0v) is 8.24. The summed E-state index contributed by atoms with van der Waals surface area (Å²) in [6.07, 6.45) is 0.720. The Morgan fingerprint density at radius 1 is 1.43 bits per heavy atom. The maximum absolute atomic E-state index is 10.8. The van der Waals surface area contributed by atoms with Crippen molar-refractivity contribution in [2.75, 3.05) is 11.4 Å². The normalized spacial score (nSPS) is 20.4. The molecule has 14 heavy (non-hydrogen) atoms. The Hall–Kier alpha value is -1.22. The van der Waals surface area contributed by atoms with E-state index in [0.29, 0.717) is 5.02 Å². The number of benzene rings is 1. The Kier molecular flexibility index (Phi) is 2.33. The molecular formula is C10H10ClNO2. The lowest BCUT2D eigenvalue weighted by atomic mass is 10.0. The molecule has 1 heterocycles. The monoisotopic (exact) mass is 211 g/mol. The highest BCUT2D eigenvalue weighted by atomic mass is 35.5. The molecule has 74 valence electrons. The van der Waals surface area contributed by atoms with E-state index in [-0.39, 0.29) is 6.04 Å². The van der Waals surface area contributed by atoms with Crippen LogP contribution in [-0.2, 0) is 4.79 Å². The molecule has 4 heteroatoms. The Balaban J connectivity index is 2.16. The molecule has 1 aromatic rings. The first kappa shape index (κ1) is 9.34. The molecule has 1 fully saturated rings. The zero-order chi connectivity index (χ0) is 10.1. The average Bonchev–Trinajstić information content (AvgIpc) is 2.05. The molecule has 1 atom stereocenters. The van der Waals surface area contributed by atoms with Gasteiger partial charge in [0.1, 0.15) is 6.04 Å². The first-order chi connectivity index (χ1) is 6.68. The van der Waals surface area contributed by atoms with Crippen molar-refractivity contribution in [1.82, 2.24) is 0 Å². The smallest absolute Gasteiger partial charge is 0.326 e. The number of aliphatic carboxylic acids is 1. The summed E-state index contributed by atoms with van der Waals surface area (Å²) in [6, 6.07) is 6.87. The number of anilines is 1. The lowest BCUT2D eigenvalue weighted by Gasteiger charge is -2.39. The molecule has 0 radical (unpaired) electrons. The number of carboxylic acids is 1. The third-order valence-corrected chi connectivity index (χ3v) is 2.71. The van der Waals surface area contributed by atoms with Crippen molar-refractivity contribution in [2.24, 2.45) is 0 Å². The summed E-state index contributed by atoms with van der Waals surface area (Å²) in [6.45, 7) is 0.804. The molecule has 1 saturated heterocycles. The van der Waals surface area contributed by atoms with E-state index >= 15 is 0 Å². The largest absolute Gasteiger partial charge is 0.480 e. The quantitative estimate of drug-likeness (QED) is 0.814. The number of rotatable bonds is 2. The molecule has 1 aliphatic rings. The fraction of sp³-hybridized carbons (Fsp3) is 0.300. The lowest BCUT2D eigenvalue weighted by molar-refractivity contribution is -0.139. The number of carbonyl (C=O) groups is 1. The van der Waals surface area contributed by atoms with Crippen LogP contribution in [0.1, 0.15) is 6.42 Å². The van der Waals surface area contributed by atoms with E-state index in [1.807, 2.05) is 17.0 Å². The van der Waals surface area contributed by atoms with Crippen LogP contribution in [0.3, 0.4) is 0 Å². The van der Waals surface area contributed by atoms with Crippen molar-refractivity contribution in [3.8, 4) is 0 Å². The minimum Gasteiger partial charge on any atom is -0.480 e. The van der Waals surface area contributed by atoms with Crippen LogP contribution in [0.4, 0.5) is 5.69 Å². The van der Waals surface area contributed by atoms with Gasteiger partial charge in [-0.2, -0.15) is 0 Å². The van der Waals surface area contributed by atoms with Gasteiger partial charge in [0.15, 0.2) is 0 Å². The molecule has 0 aliphatic carbocycles. The third-order valence-electron chi connectivity index (χ3n) is 2.46. The van der Waals surface area contributed by atoms with Crippen molar-refractivity contribution in [3.05, 3.63) is 29.3 Å². The molecule has 3 nitrogen and oxygen atoms in total. The number of hydrogen-bond acceptors (Lipinski definition) is 2. The van der Waals surface area contributed by atoms with E-state index in [1.54, 1.807) is 12.1 Å². The second-order valence-corrected chi connectivity index (χ2v) is 3.75. The van der Waals surface area contributed by atoms with E-state index < -0.39 is 5.97 Å². The van der Waals surface area contributed by atoms with Crippen LogP contribution >= 0.6 is 11.6 Å². The first-order valence-electron chi connectivity index (χ1n) is 4.43. The van der Waals surface area contributed by atoms with Crippen LogP contribution in [0.15, 0.2) is 24.3 Å². The number of carboxylic acid groups (broad SMARTS) is 1. The topological polar surface area (TPSA) is 40.5 Å². The fourth-order valence-electron chi connectivity index (χ4n) is 1.59. The summed E-state index contributed by atoms with van der Waals surface area (Å²) in [4.78, 5) is 12.6. The molecule has 0 spiro atoms. The summed E-state index contributed by atoms with van der Waals surface area (Å²) in [7, 11) is 0. The highest BCUT2D eigenvalue weighted by molar-refractivity contribution is 6.30. The first-order valence-corrected chi connectivity index (χ1v) is 4.81. The van der Waals surface area contributed by atoms with Gasteiger partial charge in [0.2, 0.25) is 0 Å². The van der Waals surface area contributed by atoms with Crippen molar-refractivity contribution in [1.29, 1.82) is 0 Å². The second kappa shape index (κ2) is 3.50. The van der Waals surface area contributed by atoms with Crippen LogP contribution in [-0.4, -0.2) is 23.7 Å². The summed E-state index contributed by atoms with van der Waals surface area (Å²) in [5.41, 5.74) is 0.924. The van der Waals surface area contributed by atoms with E-state index in [4.69, 9.17) is 16.7 Å². The summed E-state index contributed by atoms with van der Waals surface area (Å²) in [5, 5.41) is 9.52. The van der Waals surface area contributed by atoms with Gasteiger partial charge in [-0.25, -0.2) is 4.79 Å². The summed E-state index contributed by atoms with van der Waals surface area (Å²) in [5.74, 6) is -0.758. The minimum atomic E-state index is -0.758. The Labute approximate surface area is 86.9 Å². The molecule has 0 bridgehead atoms. The van der Waals surface area contributed by atoms with Crippen LogP contribution in [0.2, 0.25) is 5.02 Å². The summed E-state index contributed by atoms with van der Waals surface area (Å²) >= 11 is 5.74. The fourth-order valence-corrected chi connectivity index (χ4v) is 1.71. The molecule has 0 saturated carbocycles. The standard InChI is InChI=1S/C10H10ClNO2/c11-7-1-3-8(4-2-7)12-6-5-9(12)10(13)14/h1-4,9H,5-6H2,(H,13,14)/t9-/m0/s1. The summed E-state index contributed by atoms with van der Waals surface area (Å²) < 4.78 is 0. The average molecular weight is 212 g/mol. The molecule has 0 amide bonds. The van der Waals surface area contributed by atoms with E-state index in [1.165, 1.54) is 0 Å². The minimum absolute atomic E-state index is 0.365. The van der Waals surface area contributed by atoms with Gasteiger partial charge in [0.05, 0.1) is 0 Å². The Bertz CT molecular complexity index is 350. The van der Waals surface area contributed by atoms with Gasteiger partial charge in [-0.15, -0.1) is 0 Å². The maximum Gasteiger partial charge on any atom is 0.326 e. The highest BCUT2D eigenvalue weighted by Crippen LogP contribution is 2.27. The molecule has 0 unspecified atom stereocenters. The Morgan fingerprint density at radius 3 is 2.50 bits per heavy atom. The maximum atomic E-state index is 10.8. The van der Waals surface area contributed by atoms with Crippen molar-refractivity contribution in [2.45, 2.75) is 12.5 Å². The van der Waals surface area contributed by atoms with Gasteiger partial charge >= 0.3 is 5.97 Å². The predicted molar refractivity (Wildman–Crippen MR) is 54.8 cm³/mol. The molecule has 2 rings (SSSR count). The predicted octanol–water partition coefficient (Wildman–Crippen LogP) is 2.00. The molecular weight excluding hydrogens is 202 g/mol. The Morgan fingerprint density at radius 2 is 2.07 bits per heavy atom. The van der Waals surface area contributed by atoms with Gasteiger partial charge in [-0.1, -0.05) is 11.6 Å². The van der Waals surface area contributed by atoms with Gasteiger partial charge in [-0.05, 0) is 30.7 Å².